The molecule has 2 aliphatic rings. The second-order valence-corrected chi connectivity index (χ2v) is 8.94. The van der Waals surface area contributed by atoms with Crippen LogP contribution in [0.15, 0.2) is 35.2 Å². The summed E-state index contributed by atoms with van der Waals surface area (Å²) in [4.78, 5) is 5.37. The lowest BCUT2D eigenvalue weighted by atomic mass is 10.2. The topological polar surface area (TPSA) is 68.7 Å². The minimum absolute atomic E-state index is 0.0212. The molecule has 1 aromatic heterocycles. The molecule has 3 heterocycles. The van der Waals surface area contributed by atoms with Crippen molar-refractivity contribution >= 4 is 27.1 Å². The zero-order valence-corrected chi connectivity index (χ0v) is 16.0. The lowest BCUT2D eigenvalue weighted by molar-refractivity contribution is 0.115. The van der Waals surface area contributed by atoms with E-state index in [1.807, 2.05) is 11.0 Å². The van der Waals surface area contributed by atoms with Crippen LogP contribution in [0.4, 0.5) is 10.1 Å². The molecule has 0 saturated carbocycles. The van der Waals surface area contributed by atoms with E-state index in [2.05, 4.69) is 4.98 Å². The number of rotatable bonds is 4. The molecule has 2 aromatic rings. The standard InChI is InChI=1S/C18H18ClFN2O4S/c19-14-16-15(18(21-17(14)20)26-12-5-2-1-3-6-12)22(8-10-27(16,23)24)11-13-7-4-9-25-13/h1-3,5-6,13H,4,7-11H2. The Morgan fingerprint density at radius 1 is 1.33 bits per heavy atom. The third-order valence-electron chi connectivity index (χ3n) is 4.66. The number of anilines is 1. The van der Waals surface area contributed by atoms with Crippen molar-refractivity contribution in [3.05, 3.63) is 41.3 Å². The Labute approximate surface area is 161 Å². The van der Waals surface area contributed by atoms with Gasteiger partial charge in [0.25, 0.3) is 0 Å². The lowest BCUT2D eigenvalue weighted by Gasteiger charge is -2.33. The van der Waals surface area contributed by atoms with Crippen LogP contribution >= 0.6 is 11.6 Å². The SMILES string of the molecule is O=S1(=O)CCN(CC2CCCO2)c2c(Oc3ccccc3)nc(F)c(Cl)c21. The summed E-state index contributed by atoms with van der Waals surface area (Å²) < 4.78 is 51.0. The molecule has 1 saturated heterocycles. The predicted octanol–water partition coefficient (Wildman–Crippen LogP) is 3.44. The maximum absolute atomic E-state index is 14.3. The molecule has 4 rings (SSSR count). The molecule has 2 aliphatic heterocycles. The average Bonchev–Trinajstić information content (AvgIpc) is 3.15. The third-order valence-corrected chi connectivity index (χ3v) is 6.86. The van der Waals surface area contributed by atoms with E-state index < -0.39 is 20.8 Å². The van der Waals surface area contributed by atoms with Crippen LogP contribution in [-0.4, -0.2) is 45.0 Å². The van der Waals surface area contributed by atoms with Crippen LogP contribution in [0.1, 0.15) is 12.8 Å². The summed E-state index contributed by atoms with van der Waals surface area (Å²) in [6.45, 7) is 1.39. The third kappa shape index (κ3) is 3.61. The first-order valence-corrected chi connectivity index (χ1v) is 10.7. The Morgan fingerprint density at radius 2 is 2.11 bits per heavy atom. The van der Waals surface area contributed by atoms with Gasteiger partial charge in [-0.1, -0.05) is 29.8 Å². The van der Waals surface area contributed by atoms with Gasteiger partial charge < -0.3 is 14.4 Å². The van der Waals surface area contributed by atoms with Gasteiger partial charge in [-0.05, 0) is 25.0 Å². The van der Waals surface area contributed by atoms with E-state index in [1.54, 1.807) is 24.3 Å². The second kappa shape index (κ2) is 7.26. The van der Waals surface area contributed by atoms with Crippen molar-refractivity contribution in [2.45, 2.75) is 23.8 Å². The number of aromatic nitrogens is 1. The monoisotopic (exact) mass is 412 g/mol. The van der Waals surface area contributed by atoms with E-state index in [1.165, 1.54) is 0 Å². The summed E-state index contributed by atoms with van der Waals surface area (Å²) in [5, 5.41) is -0.498. The average molecular weight is 413 g/mol. The molecule has 1 atom stereocenters. The van der Waals surface area contributed by atoms with Gasteiger partial charge in [0, 0.05) is 19.7 Å². The van der Waals surface area contributed by atoms with Crippen molar-refractivity contribution in [2.24, 2.45) is 0 Å². The fourth-order valence-electron chi connectivity index (χ4n) is 3.38. The number of hydrogen-bond donors (Lipinski definition) is 0. The van der Waals surface area contributed by atoms with Gasteiger partial charge in [0.1, 0.15) is 21.4 Å². The van der Waals surface area contributed by atoms with E-state index >= 15 is 0 Å². The van der Waals surface area contributed by atoms with Crippen molar-refractivity contribution in [3.8, 4) is 11.6 Å². The van der Waals surface area contributed by atoms with E-state index in [4.69, 9.17) is 21.1 Å². The Bertz CT molecular complexity index is 950. The number of sulfone groups is 1. The molecule has 0 N–H and O–H groups in total. The Hall–Kier alpha value is -1.90. The molecule has 144 valence electrons. The Kier molecular flexibility index (Phi) is 4.96. The van der Waals surface area contributed by atoms with Crippen LogP contribution in [0.2, 0.25) is 5.02 Å². The first-order valence-electron chi connectivity index (χ1n) is 8.67. The predicted molar refractivity (Wildman–Crippen MR) is 99.0 cm³/mol. The van der Waals surface area contributed by atoms with E-state index in [0.29, 0.717) is 18.9 Å². The minimum Gasteiger partial charge on any atom is -0.437 e. The van der Waals surface area contributed by atoms with Gasteiger partial charge in [-0.25, -0.2) is 8.42 Å². The number of hydrogen-bond acceptors (Lipinski definition) is 6. The van der Waals surface area contributed by atoms with Crippen LogP contribution in [0.25, 0.3) is 0 Å². The molecule has 1 aromatic carbocycles. The minimum atomic E-state index is -3.75. The number of benzene rings is 1. The zero-order chi connectivity index (χ0) is 19.0. The summed E-state index contributed by atoms with van der Waals surface area (Å²) in [5.41, 5.74) is 0.201. The van der Waals surface area contributed by atoms with Crippen molar-refractivity contribution in [1.29, 1.82) is 0 Å². The largest absolute Gasteiger partial charge is 0.437 e. The first kappa shape index (κ1) is 18.5. The van der Waals surface area contributed by atoms with Gasteiger partial charge in [0.05, 0.1) is 11.9 Å². The van der Waals surface area contributed by atoms with Gasteiger partial charge in [0.2, 0.25) is 11.8 Å². The summed E-state index contributed by atoms with van der Waals surface area (Å²) in [6.07, 6.45) is 1.82. The summed E-state index contributed by atoms with van der Waals surface area (Å²) in [7, 11) is -3.75. The Morgan fingerprint density at radius 3 is 2.81 bits per heavy atom. The van der Waals surface area contributed by atoms with Gasteiger partial charge in [0.15, 0.2) is 9.84 Å². The molecule has 6 nitrogen and oxygen atoms in total. The molecular weight excluding hydrogens is 395 g/mol. The zero-order valence-electron chi connectivity index (χ0n) is 14.4. The number of para-hydroxylation sites is 1. The molecule has 0 aliphatic carbocycles. The van der Waals surface area contributed by atoms with Gasteiger partial charge >= 0.3 is 0 Å². The quantitative estimate of drug-likeness (QED) is 0.716. The maximum Gasteiger partial charge on any atom is 0.247 e. The number of fused-ring (bicyclic) bond motifs is 1. The number of ether oxygens (including phenoxy) is 2. The fourth-order valence-corrected chi connectivity index (χ4v) is 5.40. The van der Waals surface area contributed by atoms with Crippen molar-refractivity contribution in [1.82, 2.24) is 4.98 Å². The highest BCUT2D eigenvalue weighted by Gasteiger charge is 2.38. The molecule has 1 fully saturated rings. The summed E-state index contributed by atoms with van der Waals surface area (Å²) >= 11 is 6.02. The van der Waals surface area contributed by atoms with Crippen LogP contribution in [-0.2, 0) is 14.6 Å². The van der Waals surface area contributed by atoms with E-state index in [0.717, 1.165) is 12.8 Å². The smallest absolute Gasteiger partial charge is 0.247 e. The van der Waals surface area contributed by atoms with Crippen LogP contribution in [0.5, 0.6) is 11.6 Å². The fraction of sp³-hybridized carbons (Fsp3) is 0.389. The number of nitrogens with zero attached hydrogens (tertiary/aromatic N) is 2. The highest BCUT2D eigenvalue weighted by molar-refractivity contribution is 7.91. The van der Waals surface area contributed by atoms with Gasteiger partial charge in [-0.3, -0.25) is 0 Å². The number of pyridine rings is 1. The molecule has 27 heavy (non-hydrogen) atoms. The first-order chi connectivity index (χ1) is 13.0. The summed E-state index contributed by atoms with van der Waals surface area (Å²) in [5.74, 6) is -0.905. The lowest BCUT2D eigenvalue weighted by Crippen LogP contribution is -2.40. The molecule has 1 unspecified atom stereocenters. The molecule has 0 amide bonds. The molecule has 9 heteroatoms. The highest BCUT2D eigenvalue weighted by Crippen LogP contribution is 2.44. The molecule has 0 radical (unpaired) electrons. The van der Waals surface area contributed by atoms with Crippen LogP contribution in [0, 0.1) is 5.95 Å². The molecule has 0 bridgehead atoms. The second-order valence-electron chi connectivity index (χ2n) is 6.51. The normalized spacial score (nSPS) is 21.1. The van der Waals surface area contributed by atoms with Crippen molar-refractivity contribution < 1.29 is 22.3 Å². The van der Waals surface area contributed by atoms with E-state index in [9.17, 15) is 12.8 Å². The highest BCUT2D eigenvalue weighted by atomic mass is 35.5. The molecule has 0 spiro atoms. The van der Waals surface area contributed by atoms with Crippen LogP contribution < -0.4 is 9.64 Å². The maximum atomic E-state index is 14.3. The van der Waals surface area contributed by atoms with E-state index in [-0.39, 0.29) is 34.9 Å². The van der Waals surface area contributed by atoms with Gasteiger partial charge in [-0.15, -0.1) is 0 Å². The van der Waals surface area contributed by atoms with Gasteiger partial charge in [-0.2, -0.15) is 9.37 Å². The summed E-state index contributed by atoms with van der Waals surface area (Å²) in [6, 6.07) is 8.70. The van der Waals surface area contributed by atoms with Crippen LogP contribution in [0.3, 0.4) is 0 Å². The Balaban J connectivity index is 1.82. The van der Waals surface area contributed by atoms with Crippen molar-refractivity contribution in [2.75, 3.05) is 30.3 Å². The number of halogens is 2. The molecular formula is C18H18ClFN2O4S. The van der Waals surface area contributed by atoms with Crippen molar-refractivity contribution in [3.63, 3.8) is 0 Å².